The molecule has 12 rings (SSSR count). The fourth-order valence-electron chi connectivity index (χ4n) is 12.6. The molecule has 9 aromatic rings. The molecule has 1 radical (unpaired) electrons. The van der Waals surface area contributed by atoms with E-state index in [9.17, 15) is 0 Å². The molecule has 1 heterocycles. The Hall–Kier alpha value is -7.56. The molecule has 359 valence electrons. The molecular formula is C69H65BN3. The minimum atomic E-state index is -0.248. The second-order valence-electron chi connectivity index (χ2n) is 23.2. The quantitative estimate of drug-likeness (QED) is 0.153. The van der Waals surface area contributed by atoms with E-state index in [4.69, 9.17) is 0 Å². The van der Waals surface area contributed by atoms with E-state index in [0.29, 0.717) is 0 Å². The van der Waals surface area contributed by atoms with Crippen molar-refractivity contribution in [1.29, 1.82) is 0 Å². The lowest BCUT2D eigenvalue weighted by atomic mass is 9.57. The third-order valence-electron chi connectivity index (χ3n) is 16.9. The fourth-order valence-corrected chi connectivity index (χ4v) is 12.6. The number of benzene rings is 9. The van der Waals surface area contributed by atoms with Crippen molar-refractivity contribution < 1.29 is 0 Å². The summed E-state index contributed by atoms with van der Waals surface area (Å²) in [7, 11) is 2.47. The van der Waals surface area contributed by atoms with Crippen molar-refractivity contribution in [2.24, 2.45) is 0 Å². The second kappa shape index (κ2) is 17.3. The van der Waals surface area contributed by atoms with Crippen LogP contribution in [0, 0.1) is 6.92 Å². The molecule has 0 fully saturated rings. The van der Waals surface area contributed by atoms with Crippen molar-refractivity contribution in [3.8, 4) is 22.3 Å². The topological polar surface area (TPSA) is 18.5 Å². The first-order valence-corrected chi connectivity index (χ1v) is 26.3. The van der Waals surface area contributed by atoms with E-state index in [-0.39, 0.29) is 21.7 Å². The first kappa shape index (κ1) is 46.5. The summed E-state index contributed by atoms with van der Waals surface area (Å²) in [5.41, 5.74) is 25.4. The van der Waals surface area contributed by atoms with Crippen LogP contribution in [-0.4, -0.2) is 7.28 Å². The Morgan fingerprint density at radius 2 is 0.959 bits per heavy atom. The second-order valence-corrected chi connectivity index (χ2v) is 23.2. The van der Waals surface area contributed by atoms with E-state index in [1.165, 1.54) is 77.8 Å². The Labute approximate surface area is 434 Å². The maximum atomic E-state index is 4.02. The molecular weight excluding hydrogens is 882 g/mol. The Morgan fingerprint density at radius 1 is 0.425 bits per heavy atom. The molecule has 1 aliphatic heterocycles. The van der Waals surface area contributed by atoms with Crippen molar-refractivity contribution >= 4 is 63.7 Å². The molecule has 9 aromatic carbocycles. The number of nitrogens with one attached hydrogen (secondary N) is 1. The number of para-hydroxylation sites is 3. The van der Waals surface area contributed by atoms with Gasteiger partial charge < -0.3 is 15.1 Å². The third kappa shape index (κ3) is 7.80. The number of hydrogen-bond donors (Lipinski definition) is 1. The summed E-state index contributed by atoms with van der Waals surface area (Å²) in [6.07, 6.45) is 2.30. The number of aryl methyl sites for hydroxylation is 1. The molecule has 0 unspecified atom stereocenters. The number of hydrogen-bond acceptors (Lipinski definition) is 3. The van der Waals surface area contributed by atoms with Gasteiger partial charge in [-0.15, -0.1) is 0 Å². The number of nitrogens with zero attached hydrogens (tertiary/aromatic N) is 2. The summed E-state index contributed by atoms with van der Waals surface area (Å²) in [4.78, 5) is 5.01. The monoisotopic (exact) mass is 947 g/mol. The molecule has 1 N–H and O–H groups in total. The highest BCUT2D eigenvalue weighted by Gasteiger charge is 2.43. The van der Waals surface area contributed by atoms with E-state index in [2.05, 4.69) is 285 Å². The van der Waals surface area contributed by atoms with Gasteiger partial charge in [-0.1, -0.05) is 182 Å². The van der Waals surface area contributed by atoms with Crippen LogP contribution in [-0.2, 0) is 21.7 Å². The molecule has 2 aliphatic carbocycles. The van der Waals surface area contributed by atoms with E-state index in [1.54, 1.807) is 0 Å². The van der Waals surface area contributed by atoms with Crippen LogP contribution >= 0.6 is 0 Å². The summed E-state index contributed by atoms with van der Waals surface area (Å²) >= 11 is 0. The van der Waals surface area contributed by atoms with Crippen LogP contribution in [0.25, 0.3) is 22.3 Å². The minimum Gasteiger partial charge on any atom is -0.355 e. The summed E-state index contributed by atoms with van der Waals surface area (Å²) in [5, 5.41) is 4.02. The highest BCUT2D eigenvalue weighted by Crippen LogP contribution is 2.54. The standard InChI is InChI=1S/C69H65BN3/c1-45-38-56-57(67(4,5)37-36-66(56,2)3)44-62(45)73-63-41-51(72(49-28-18-12-19-29-49)50-30-20-13-21-31-50)34-35-60(63)70-65-53(39-47(40-64(65)73)46-24-14-10-15-25-46)52-42-58-59(43-61(52)71-48-26-16-11-17-27-48)69(8,9)55-33-23-22-32-54(55)68(58,6)7/h10-35,38-44,71H,36-37H2,1-9H3. The average molecular weight is 947 g/mol. The van der Waals surface area contributed by atoms with Crippen molar-refractivity contribution in [1.82, 2.24) is 0 Å². The molecule has 0 bridgehead atoms. The van der Waals surface area contributed by atoms with Gasteiger partial charge in [0, 0.05) is 61.9 Å². The van der Waals surface area contributed by atoms with Gasteiger partial charge in [0.2, 0.25) is 0 Å². The van der Waals surface area contributed by atoms with E-state index >= 15 is 0 Å². The Bertz CT molecular complexity index is 3530. The van der Waals surface area contributed by atoms with Crippen molar-refractivity contribution in [3.63, 3.8) is 0 Å². The molecule has 0 atom stereocenters. The average Bonchev–Trinajstić information content (AvgIpc) is 3.40. The molecule has 0 saturated heterocycles. The maximum absolute atomic E-state index is 4.02. The third-order valence-corrected chi connectivity index (χ3v) is 16.9. The van der Waals surface area contributed by atoms with Crippen LogP contribution in [0.2, 0.25) is 0 Å². The van der Waals surface area contributed by atoms with Crippen molar-refractivity contribution in [3.05, 3.63) is 239 Å². The molecule has 0 aromatic heterocycles. The largest absolute Gasteiger partial charge is 0.355 e. The fraction of sp³-hybridized carbons (Fsp3) is 0.217. The van der Waals surface area contributed by atoms with Gasteiger partial charge in [-0.3, -0.25) is 0 Å². The summed E-state index contributed by atoms with van der Waals surface area (Å²) in [6.45, 7) is 21.8. The van der Waals surface area contributed by atoms with Crippen molar-refractivity contribution in [2.45, 2.75) is 96.8 Å². The lowest BCUT2D eigenvalue weighted by Crippen LogP contribution is -2.42. The van der Waals surface area contributed by atoms with Crippen LogP contribution in [0.4, 0.5) is 45.5 Å². The van der Waals surface area contributed by atoms with Gasteiger partial charge in [0.15, 0.2) is 7.28 Å². The molecule has 73 heavy (non-hydrogen) atoms. The van der Waals surface area contributed by atoms with Gasteiger partial charge in [-0.05, 0) is 171 Å². The number of rotatable bonds is 8. The maximum Gasteiger partial charge on any atom is 0.197 e. The normalized spacial score (nSPS) is 16.2. The van der Waals surface area contributed by atoms with Crippen LogP contribution in [0.1, 0.15) is 107 Å². The summed E-state index contributed by atoms with van der Waals surface area (Å²) < 4.78 is 0. The summed E-state index contributed by atoms with van der Waals surface area (Å²) in [5.74, 6) is 0. The number of anilines is 8. The van der Waals surface area contributed by atoms with Gasteiger partial charge in [0.1, 0.15) is 0 Å². The smallest absolute Gasteiger partial charge is 0.197 e. The van der Waals surface area contributed by atoms with Crippen molar-refractivity contribution in [2.75, 3.05) is 15.1 Å². The Balaban J connectivity index is 1.17. The first-order valence-electron chi connectivity index (χ1n) is 26.3. The van der Waals surface area contributed by atoms with E-state index in [1.807, 2.05) is 0 Å². The SMILES string of the molecule is Cc1cc2c(cc1N1c3cc(N(c4ccccc4)c4ccccc4)ccc3[B]c3c(-c4cc5c(cc4Nc4ccccc4)C(C)(C)c4ccccc4C5(C)C)cc(-c4ccccc4)cc31)C(C)(C)CCC2(C)C. The predicted molar refractivity (Wildman–Crippen MR) is 312 cm³/mol. The van der Waals surface area contributed by atoms with Gasteiger partial charge in [-0.25, -0.2) is 0 Å². The number of fused-ring (bicyclic) bond motifs is 5. The highest BCUT2D eigenvalue weighted by molar-refractivity contribution is 6.73. The highest BCUT2D eigenvalue weighted by atomic mass is 15.2. The van der Waals surface area contributed by atoms with Crippen LogP contribution in [0.5, 0.6) is 0 Å². The van der Waals surface area contributed by atoms with Gasteiger partial charge >= 0.3 is 0 Å². The Kier molecular flexibility index (Phi) is 11.0. The van der Waals surface area contributed by atoms with Crippen LogP contribution in [0.3, 0.4) is 0 Å². The zero-order chi connectivity index (χ0) is 50.4. The zero-order valence-corrected chi connectivity index (χ0v) is 43.9. The molecule has 4 heteroatoms. The molecule has 0 amide bonds. The molecule has 0 saturated carbocycles. The molecule has 0 spiro atoms. The van der Waals surface area contributed by atoms with E-state index < -0.39 is 0 Å². The first-order chi connectivity index (χ1) is 35.1. The van der Waals surface area contributed by atoms with Crippen LogP contribution < -0.4 is 26.0 Å². The van der Waals surface area contributed by atoms with E-state index in [0.717, 1.165) is 52.7 Å². The lowest BCUT2D eigenvalue weighted by Gasteiger charge is -2.45. The van der Waals surface area contributed by atoms with Gasteiger partial charge in [0.05, 0.1) is 0 Å². The van der Waals surface area contributed by atoms with Crippen LogP contribution in [0.15, 0.2) is 200 Å². The molecule has 3 aliphatic rings. The molecule has 3 nitrogen and oxygen atoms in total. The summed E-state index contributed by atoms with van der Waals surface area (Å²) in [6, 6.07) is 74.5. The zero-order valence-electron chi connectivity index (χ0n) is 43.9. The minimum absolute atomic E-state index is 0.0114. The van der Waals surface area contributed by atoms with Gasteiger partial charge in [0.25, 0.3) is 0 Å². The van der Waals surface area contributed by atoms with Gasteiger partial charge in [-0.2, -0.15) is 0 Å². The predicted octanol–water partition coefficient (Wildman–Crippen LogP) is 17.3. The Morgan fingerprint density at radius 3 is 1.56 bits per heavy atom. The lowest BCUT2D eigenvalue weighted by molar-refractivity contribution is 0.332.